The second kappa shape index (κ2) is 12.0. The summed E-state index contributed by atoms with van der Waals surface area (Å²) in [6.07, 6.45) is -9.17. The van der Waals surface area contributed by atoms with E-state index in [-0.39, 0.29) is 11.5 Å². The average molecular weight is 514 g/mol. The van der Waals surface area contributed by atoms with Gasteiger partial charge in [0.25, 0.3) is 0 Å². The summed E-state index contributed by atoms with van der Waals surface area (Å²) < 4.78 is 107. The molecular formula is C20H17F6O7P. The molecule has 0 unspecified atom stereocenters. The first-order valence-electron chi connectivity index (χ1n) is 9.27. The standard InChI is InChI=1S/C20H17F6O7P/c21-19(22,23)13-3-1-5-17(7-13)30-9-15(27)11-32-34(29)33-12-16(28)10-31-18-6-2-4-14(8-18)20(24,25)26/h1-8,34H,9-12H2. The number of ether oxygens (including phenoxy) is 2. The number of alkyl halides is 6. The molecule has 186 valence electrons. The Morgan fingerprint density at radius 3 is 1.41 bits per heavy atom. The minimum Gasteiger partial charge on any atom is -0.486 e. The molecule has 0 atom stereocenters. The third-order valence-electron chi connectivity index (χ3n) is 3.82. The quantitative estimate of drug-likeness (QED) is 0.299. The van der Waals surface area contributed by atoms with E-state index >= 15 is 0 Å². The van der Waals surface area contributed by atoms with Crippen LogP contribution in [0.15, 0.2) is 48.5 Å². The topological polar surface area (TPSA) is 88.1 Å². The van der Waals surface area contributed by atoms with E-state index in [4.69, 9.17) is 9.47 Å². The van der Waals surface area contributed by atoms with Crippen molar-refractivity contribution in [3.05, 3.63) is 59.7 Å². The number of hydrogen-bond donors (Lipinski definition) is 0. The van der Waals surface area contributed by atoms with Crippen molar-refractivity contribution in [3.63, 3.8) is 0 Å². The summed E-state index contributed by atoms with van der Waals surface area (Å²) >= 11 is 0. The molecule has 0 aliphatic carbocycles. The molecule has 0 spiro atoms. The molecule has 0 amide bonds. The molecule has 2 aromatic rings. The van der Waals surface area contributed by atoms with Crippen LogP contribution in [0.1, 0.15) is 11.1 Å². The zero-order valence-corrected chi connectivity index (χ0v) is 18.1. The molecule has 0 heterocycles. The van der Waals surface area contributed by atoms with Crippen molar-refractivity contribution in [1.82, 2.24) is 0 Å². The van der Waals surface area contributed by atoms with Crippen LogP contribution in [0.2, 0.25) is 0 Å². The Morgan fingerprint density at radius 2 is 1.06 bits per heavy atom. The summed E-state index contributed by atoms with van der Waals surface area (Å²) in [5.74, 6) is -1.95. The molecule has 2 rings (SSSR count). The molecule has 0 bridgehead atoms. The van der Waals surface area contributed by atoms with Gasteiger partial charge in [-0.05, 0) is 36.4 Å². The molecule has 7 nitrogen and oxygen atoms in total. The predicted molar refractivity (Wildman–Crippen MR) is 105 cm³/mol. The molecule has 0 N–H and O–H groups in total. The van der Waals surface area contributed by atoms with Gasteiger partial charge in [0, 0.05) is 0 Å². The summed E-state index contributed by atoms with van der Waals surface area (Å²) in [7, 11) is -3.30. The van der Waals surface area contributed by atoms with E-state index in [0.29, 0.717) is 12.1 Å². The normalized spacial score (nSPS) is 12.0. The van der Waals surface area contributed by atoms with Crippen LogP contribution >= 0.6 is 8.25 Å². The SMILES string of the molecule is O=C(COc1cccc(C(F)(F)F)c1)CO[PH](=O)OCC(=O)COc1cccc(C(F)(F)F)c1. The van der Waals surface area contributed by atoms with Crippen molar-refractivity contribution in [3.8, 4) is 11.5 Å². The molecule has 34 heavy (non-hydrogen) atoms. The van der Waals surface area contributed by atoms with Crippen molar-refractivity contribution in [2.24, 2.45) is 0 Å². The van der Waals surface area contributed by atoms with Gasteiger partial charge in [0.05, 0.1) is 11.1 Å². The van der Waals surface area contributed by atoms with E-state index in [1.54, 1.807) is 0 Å². The average Bonchev–Trinajstić information content (AvgIpc) is 2.78. The highest BCUT2D eigenvalue weighted by molar-refractivity contribution is 7.33. The lowest BCUT2D eigenvalue weighted by Gasteiger charge is -2.10. The molecule has 0 aromatic heterocycles. The number of benzene rings is 2. The van der Waals surface area contributed by atoms with Crippen molar-refractivity contribution in [1.29, 1.82) is 0 Å². The van der Waals surface area contributed by atoms with Gasteiger partial charge in [0.15, 0.2) is 11.6 Å². The third kappa shape index (κ3) is 9.54. The van der Waals surface area contributed by atoms with Gasteiger partial charge in [-0.2, -0.15) is 26.3 Å². The largest absolute Gasteiger partial charge is 0.486 e. The Morgan fingerprint density at radius 1 is 0.676 bits per heavy atom. The Labute approximate surface area is 189 Å². The lowest BCUT2D eigenvalue weighted by atomic mass is 10.2. The number of Topliss-reactive ketones (excluding diaryl/α,β-unsaturated/α-hetero) is 2. The number of carbonyl (C=O) groups excluding carboxylic acids is 2. The van der Waals surface area contributed by atoms with Crippen LogP contribution in [-0.2, 0) is 35.6 Å². The minimum atomic E-state index is -4.58. The molecule has 0 fully saturated rings. The maximum atomic E-state index is 12.6. The first kappa shape index (κ1) is 27.4. The van der Waals surface area contributed by atoms with E-state index in [1.165, 1.54) is 12.1 Å². The van der Waals surface area contributed by atoms with E-state index in [9.17, 15) is 40.5 Å². The van der Waals surface area contributed by atoms with Crippen molar-refractivity contribution in [2.75, 3.05) is 26.4 Å². The molecule has 0 radical (unpaired) electrons. The van der Waals surface area contributed by atoms with E-state index in [2.05, 4.69) is 9.05 Å². The van der Waals surface area contributed by atoms with E-state index in [1.807, 2.05) is 0 Å². The van der Waals surface area contributed by atoms with Gasteiger partial charge >= 0.3 is 20.6 Å². The summed E-state index contributed by atoms with van der Waals surface area (Å²) in [5.41, 5.74) is -1.93. The Balaban J connectivity index is 1.67. The number of carbonyl (C=O) groups is 2. The second-order valence-corrected chi connectivity index (χ2v) is 7.61. The third-order valence-corrected chi connectivity index (χ3v) is 4.58. The maximum absolute atomic E-state index is 12.6. The van der Waals surface area contributed by atoms with Crippen molar-refractivity contribution < 1.29 is 59.0 Å². The number of hydrogen-bond acceptors (Lipinski definition) is 7. The Kier molecular flexibility index (Phi) is 9.66. The second-order valence-electron chi connectivity index (χ2n) is 6.53. The first-order chi connectivity index (χ1) is 15.8. The molecule has 14 heteroatoms. The van der Waals surface area contributed by atoms with Gasteiger partial charge in [-0.15, -0.1) is 0 Å². The molecular weight excluding hydrogens is 497 g/mol. The zero-order valence-electron chi connectivity index (χ0n) is 17.1. The highest BCUT2D eigenvalue weighted by Gasteiger charge is 2.31. The lowest BCUT2D eigenvalue weighted by Crippen LogP contribution is -2.18. The highest BCUT2D eigenvalue weighted by atomic mass is 31.1. The van der Waals surface area contributed by atoms with Gasteiger partial charge in [-0.1, -0.05) is 12.1 Å². The van der Waals surface area contributed by atoms with E-state index < -0.39 is 69.7 Å². The summed E-state index contributed by atoms with van der Waals surface area (Å²) in [6, 6.07) is 7.67. The van der Waals surface area contributed by atoms with Crippen LogP contribution in [0, 0.1) is 0 Å². The van der Waals surface area contributed by atoms with Gasteiger partial charge in [-0.3, -0.25) is 14.2 Å². The number of rotatable bonds is 12. The number of halogens is 6. The predicted octanol–water partition coefficient (Wildman–Crippen LogP) is 4.74. The number of ketones is 2. The molecule has 0 saturated carbocycles. The lowest BCUT2D eigenvalue weighted by molar-refractivity contribution is -0.138. The van der Waals surface area contributed by atoms with Crippen LogP contribution in [0.25, 0.3) is 0 Å². The fraction of sp³-hybridized carbons (Fsp3) is 0.300. The molecule has 2 aromatic carbocycles. The zero-order chi connectivity index (χ0) is 25.4. The fourth-order valence-corrected chi connectivity index (χ4v) is 2.90. The Hall–Kier alpha value is -2.89. The first-order valence-corrected chi connectivity index (χ1v) is 10.5. The highest BCUT2D eigenvalue weighted by Crippen LogP contribution is 2.32. The molecule has 0 aliphatic heterocycles. The monoisotopic (exact) mass is 514 g/mol. The van der Waals surface area contributed by atoms with Crippen molar-refractivity contribution >= 4 is 19.8 Å². The maximum Gasteiger partial charge on any atom is 0.416 e. The summed E-state index contributed by atoms with van der Waals surface area (Å²) in [5, 5.41) is 0. The van der Waals surface area contributed by atoms with Gasteiger partial charge in [0.2, 0.25) is 0 Å². The molecule has 0 saturated heterocycles. The minimum absolute atomic E-state index is 0.210. The summed E-state index contributed by atoms with van der Waals surface area (Å²) in [4.78, 5) is 23.4. The van der Waals surface area contributed by atoms with E-state index in [0.717, 1.165) is 24.3 Å². The summed E-state index contributed by atoms with van der Waals surface area (Å²) in [6.45, 7) is -2.85. The fourth-order valence-electron chi connectivity index (χ4n) is 2.26. The van der Waals surface area contributed by atoms with Crippen molar-refractivity contribution in [2.45, 2.75) is 12.4 Å². The van der Waals surface area contributed by atoms with Crippen LogP contribution in [0.4, 0.5) is 26.3 Å². The smallest absolute Gasteiger partial charge is 0.416 e. The Bertz CT molecular complexity index is 943. The molecule has 0 aliphatic rings. The van der Waals surface area contributed by atoms with Crippen LogP contribution in [-0.4, -0.2) is 38.0 Å². The van der Waals surface area contributed by atoms with Gasteiger partial charge < -0.3 is 18.5 Å². The van der Waals surface area contributed by atoms with Gasteiger partial charge in [-0.25, -0.2) is 0 Å². The van der Waals surface area contributed by atoms with Gasteiger partial charge in [0.1, 0.15) is 37.9 Å². The van der Waals surface area contributed by atoms with Crippen LogP contribution in [0.5, 0.6) is 11.5 Å². The van der Waals surface area contributed by atoms with Crippen LogP contribution in [0.3, 0.4) is 0 Å². The van der Waals surface area contributed by atoms with Crippen LogP contribution < -0.4 is 9.47 Å².